The van der Waals surface area contributed by atoms with Crippen molar-refractivity contribution in [3.8, 4) is 6.07 Å². The fraction of sp³-hybridized carbons (Fsp3) is 0.450. The van der Waals surface area contributed by atoms with E-state index in [1.807, 2.05) is 0 Å². The number of carbonyl (C=O) groups is 4. The van der Waals surface area contributed by atoms with Gasteiger partial charge < -0.3 is 9.64 Å². The molecule has 0 aliphatic carbocycles. The lowest BCUT2D eigenvalue weighted by Crippen LogP contribution is -2.75. The molecular weight excluding hydrogens is 395 g/mol. The lowest BCUT2D eigenvalue weighted by atomic mass is 9.66. The highest BCUT2D eigenvalue weighted by Gasteiger charge is 2.63. The zero-order chi connectivity index (χ0) is 21.8. The minimum Gasteiger partial charge on any atom is -0.372 e. The molecule has 0 saturated carbocycles. The summed E-state index contributed by atoms with van der Waals surface area (Å²) >= 11 is 0. The van der Waals surface area contributed by atoms with Gasteiger partial charge in [-0.05, 0) is 31.5 Å². The molecule has 10 heteroatoms. The molecule has 2 fully saturated rings. The number of anilines is 1. The van der Waals surface area contributed by atoms with Crippen molar-refractivity contribution in [2.24, 2.45) is 5.41 Å². The topological polar surface area (TPSA) is 129 Å². The molecule has 2 saturated heterocycles. The Morgan fingerprint density at radius 3 is 2.60 bits per heavy atom. The molecule has 3 heterocycles. The highest BCUT2D eigenvalue weighted by Crippen LogP contribution is 2.47. The summed E-state index contributed by atoms with van der Waals surface area (Å²) < 4.78 is 21.1. The fourth-order valence-electron chi connectivity index (χ4n) is 4.87. The number of nitrogens with zero attached hydrogens (tertiary/aromatic N) is 2. The summed E-state index contributed by atoms with van der Waals surface area (Å²) in [5.74, 6) is -2.83. The Morgan fingerprint density at radius 2 is 1.97 bits per heavy atom. The van der Waals surface area contributed by atoms with Gasteiger partial charge in [0, 0.05) is 18.5 Å². The molecule has 3 atom stereocenters. The molecule has 1 spiro atoms. The van der Waals surface area contributed by atoms with Gasteiger partial charge in [0.15, 0.2) is 11.2 Å². The van der Waals surface area contributed by atoms with Crippen LogP contribution in [0.4, 0.5) is 14.9 Å². The van der Waals surface area contributed by atoms with E-state index in [0.29, 0.717) is 0 Å². The van der Waals surface area contributed by atoms with Crippen molar-refractivity contribution in [2.75, 3.05) is 11.4 Å². The maximum absolute atomic E-state index is 15.2. The maximum atomic E-state index is 15.2. The van der Waals surface area contributed by atoms with E-state index in [4.69, 9.17) is 10.00 Å². The number of carbonyl (C=O) groups excluding carboxylic acids is 4. The average molecular weight is 414 g/mol. The molecule has 9 nitrogen and oxygen atoms in total. The Hall–Kier alpha value is -3.32. The summed E-state index contributed by atoms with van der Waals surface area (Å²) in [7, 11) is 0. The van der Waals surface area contributed by atoms with Gasteiger partial charge in [-0.25, -0.2) is 9.18 Å². The third-order valence-electron chi connectivity index (χ3n) is 5.91. The van der Waals surface area contributed by atoms with E-state index in [-0.39, 0.29) is 35.9 Å². The second kappa shape index (κ2) is 6.88. The van der Waals surface area contributed by atoms with E-state index < -0.39 is 53.4 Å². The molecule has 0 radical (unpaired) electrons. The number of benzene rings is 1. The molecule has 0 unspecified atom stereocenters. The summed E-state index contributed by atoms with van der Waals surface area (Å²) in [5.41, 5.74) is -1.28. The van der Waals surface area contributed by atoms with E-state index >= 15 is 4.39 Å². The second-order valence-corrected chi connectivity index (χ2v) is 7.86. The van der Waals surface area contributed by atoms with Gasteiger partial charge in [-0.3, -0.25) is 25.0 Å². The van der Waals surface area contributed by atoms with E-state index in [9.17, 15) is 19.2 Å². The van der Waals surface area contributed by atoms with Gasteiger partial charge in [0.1, 0.15) is 5.82 Å². The number of halogens is 1. The van der Waals surface area contributed by atoms with Crippen LogP contribution < -0.4 is 15.5 Å². The van der Waals surface area contributed by atoms with Crippen LogP contribution in [0.2, 0.25) is 0 Å². The van der Waals surface area contributed by atoms with Gasteiger partial charge in [-0.1, -0.05) is 0 Å². The number of imide groups is 2. The van der Waals surface area contributed by atoms with Crippen LogP contribution in [0, 0.1) is 22.6 Å². The predicted octanol–water partition coefficient (Wildman–Crippen LogP) is 0.813. The van der Waals surface area contributed by atoms with Crippen LogP contribution in [-0.4, -0.2) is 48.4 Å². The number of ketones is 1. The number of nitrogens with one attached hydrogen (secondary N) is 2. The molecule has 1 aromatic rings. The van der Waals surface area contributed by atoms with Gasteiger partial charge in [-0.15, -0.1) is 0 Å². The maximum Gasteiger partial charge on any atom is 0.328 e. The second-order valence-electron chi connectivity index (χ2n) is 7.86. The first kappa shape index (κ1) is 20.0. The van der Waals surface area contributed by atoms with Gasteiger partial charge >= 0.3 is 6.03 Å². The highest BCUT2D eigenvalue weighted by molar-refractivity contribution is 6.20. The number of hydrogen-bond donors (Lipinski definition) is 2. The summed E-state index contributed by atoms with van der Waals surface area (Å²) in [5, 5.41) is 13.1. The van der Waals surface area contributed by atoms with Crippen LogP contribution >= 0.6 is 0 Å². The van der Waals surface area contributed by atoms with Gasteiger partial charge in [-0.2, -0.15) is 5.26 Å². The quantitative estimate of drug-likeness (QED) is 0.541. The van der Waals surface area contributed by atoms with Gasteiger partial charge in [0.25, 0.3) is 0 Å². The van der Waals surface area contributed by atoms with Crippen LogP contribution in [0.15, 0.2) is 12.1 Å². The molecule has 4 amide bonds. The van der Waals surface area contributed by atoms with Crippen molar-refractivity contribution < 1.29 is 28.3 Å². The number of ether oxygens (including phenoxy) is 1. The molecule has 3 aliphatic rings. The number of hydrogen-bond acceptors (Lipinski definition) is 7. The monoisotopic (exact) mass is 414 g/mol. The Kier molecular flexibility index (Phi) is 4.58. The fourth-order valence-corrected chi connectivity index (χ4v) is 4.87. The molecule has 3 aliphatic heterocycles. The largest absolute Gasteiger partial charge is 0.372 e. The van der Waals surface area contributed by atoms with Crippen molar-refractivity contribution in [1.29, 1.82) is 5.26 Å². The van der Waals surface area contributed by atoms with Crippen LogP contribution in [0.5, 0.6) is 0 Å². The molecule has 0 bridgehead atoms. The van der Waals surface area contributed by atoms with Crippen LogP contribution in [0.25, 0.3) is 0 Å². The Bertz CT molecular complexity index is 1010. The van der Waals surface area contributed by atoms with Crippen molar-refractivity contribution in [1.82, 2.24) is 10.6 Å². The van der Waals surface area contributed by atoms with Crippen LogP contribution in [0.1, 0.15) is 36.2 Å². The summed E-state index contributed by atoms with van der Waals surface area (Å²) in [4.78, 5) is 51.5. The average Bonchev–Trinajstić information content (AvgIpc) is 2.65. The van der Waals surface area contributed by atoms with Crippen molar-refractivity contribution >= 4 is 29.3 Å². The third-order valence-corrected chi connectivity index (χ3v) is 5.91. The number of fused-ring (bicyclic) bond motifs is 4. The zero-order valence-corrected chi connectivity index (χ0v) is 16.3. The van der Waals surface area contributed by atoms with E-state index in [0.717, 1.165) is 6.07 Å². The standard InChI is InChI=1S/C20H19FN4O5/c1-9-8-25-15-12(5-11(6-13(15)21)14(26)3-4-22)7-20(16(25)10(2)30-9)17(27)23-19(29)24-18(20)28/h5-6,9-10,16H,3,7-8H2,1-2H3,(H2,23,24,27,28,29)/t9-,10+,16-/m1/s1. The minimum absolute atomic E-state index is 0.0107. The van der Waals surface area contributed by atoms with Crippen LogP contribution in [-0.2, 0) is 20.7 Å². The molecular formula is C20H19FN4O5. The van der Waals surface area contributed by atoms with Crippen molar-refractivity contribution in [3.05, 3.63) is 29.1 Å². The molecule has 156 valence electrons. The Balaban J connectivity index is 1.92. The SMILES string of the molecule is C[C@@H]1CN2c3c(F)cc(C(=O)CC#N)cc3CC3(C(=O)NC(=O)NC3=O)[C@H]2[C@H](C)O1. The lowest BCUT2D eigenvalue weighted by Gasteiger charge is -2.55. The van der Waals surface area contributed by atoms with Crippen molar-refractivity contribution in [2.45, 2.75) is 44.9 Å². The zero-order valence-electron chi connectivity index (χ0n) is 16.3. The van der Waals surface area contributed by atoms with Gasteiger partial charge in [0.05, 0.1) is 36.4 Å². The first-order chi connectivity index (χ1) is 14.2. The number of morpholine rings is 1. The predicted molar refractivity (Wildman–Crippen MR) is 99.9 cm³/mol. The summed E-state index contributed by atoms with van der Waals surface area (Å²) in [6.07, 6.45) is -1.57. The lowest BCUT2D eigenvalue weighted by molar-refractivity contribution is -0.153. The van der Waals surface area contributed by atoms with E-state index in [1.54, 1.807) is 24.8 Å². The molecule has 0 aromatic heterocycles. The Labute approximate surface area is 171 Å². The van der Waals surface area contributed by atoms with Gasteiger partial charge in [0.2, 0.25) is 11.8 Å². The van der Waals surface area contributed by atoms with E-state index in [2.05, 4.69) is 10.6 Å². The number of urea groups is 1. The van der Waals surface area contributed by atoms with E-state index in [1.165, 1.54) is 6.07 Å². The highest BCUT2D eigenvalue weighted by atomic mass is 19.1. The number of amides is 4. The number of nitriles is 1. The first-order valence-electron chi connectivity index (χ1n) is 9.50. The minimum atomic E-state index is -1.75. The van der Waals surface area contributed by atoms with Crippen LogP contribution in [0.3, 0.4) is 0 Å². The van der Waals surface area contributed by atoms with Crippen molar-refractivity contribution in [3.63, 3.8) is 0 Å². The molecule has 4 rings (SSSR count). The molecule has 2 N–H and O–H groups in total. The summed E-state index contributed by atoms with van der Waals surface area (Å²) in [6.45, 7) is 3.70. The molecule has 1 aromatic carbocycles. The Morgan fingerprint density at radius 1 is 1.30 bits per heavy atom. The smallest absolute Gasteiger partial charge is 0.328 e. The number of rotatable bonds is 2. The third kappa shape index (κ3) is 2.77. The first-order valence-corrected chi connectivity index (χ1v) is 9.50. The summed E-state index contributed by atoms with van der Waals surface area (Å²) in [6, 6.07) is 2.44. The number of barbiturate groups is 1. The number of Topliss-reactive ketones (excluding diaryl/α,β-unsaturated/α-hetero) is 1. The molecule has 30 heavy (non-hydrogen) atoms. The normalized spacial score (nSPS) is 26.9.